The van der Waals surface area contributed by atoms with Crippen LogP contribution in [0, 0.1) is 0 Å². The summed E-state index contributed by atoms with van der Waals surface area (Å²) in [4.78, 5) is 2.59. The summed E-state index contributed by atoms with van der Waals surface area (Å²) in [5.74, 6) is 3.62. The Balaban J connectivity index is 1.67. The van der Waals surface area contributed by atoms with Gasteiger partial charge in [-0.2, -0.15) is 11.8 Å². The molecule has 4 heteroatoms. The van der Waals surface area contributed by atoms with Crippen LogP contribution in [0.4, 0.5) is 0 Å². The van der Waals surface area contributed by atoms with Crippen molar-refractivity contribution in [1.82, 2.24) is 10.2 Å². The normalized spacial score (nSPS) is 20.1. The lowest BCUT2D eigenvalue weighted by molar-refractivity contribution is 0.219. The Morgan fingerprint density at radius 1 is 1.47 bits per heavy atom. The van der Waals surface area contributed by atoms with E-state index >= 15 is 0 Å². The van der Waals surface area contributed by atoms with E-state index in [-0.39, 0.29) is 0 Å². The van der Waals surface area contributed by atoms with Crippen molar-refractivity contribution in [3.05, 3.63) is 24.2 Å². The van der Waals surface area contributed by atoms with Gasteiger partial charge in [-0.25, -0.2) is 0 Å². The van der Waals surface area contributed by atoms with Gasteiger partial charge in [0, 0.05) is 24.9 Å². The van der Waals surface area contributed by atoms with Crippen LogP contribution >= 0.6 is 11.8 Å². The second-order valence-corrected chi connectivity index (χ2v) is 5.79. The predicted molar refractivity (Wildman–Crippen MR) is 73.4 cm³/mol. The quantitative estimate of drug-likeness (QED) is 0.872. The molecule has 1 fully saturated rings. The molecule has 96 valence electrons. The van der Waals surface area contributed by atoms with Gasteiger partial charge in [-0.1, -0.05) is 0 Å². The zero-order valence-electron chi connectivity index (χ0n) is 10.5. The Morgan fingerprint density at radius 3 is 3.24 bits per heavy atom. The van der Waals surface area contributed by atoms with Crippen molar-refractivity contribution >= 4 is 11.8 Å². The van der Waals surface area contributed by atoms with Gasteiger partial charge in [0.2, 0.25) is 0 Å². The lowest BCUT2D eigenvalue weighted by atomic mass is 10.2. The van der Waals surface area contributed by atoms with E-state index in [2.05, 4.69) is 28.9 Å². The Morgan fingerprint density at radius 2 is 2.41 bits per heavy atom. The molecule has 0 amide bonds. The smallest absolute Gasteiger partial charge is 0.117 e. The van der Waals surface area contributed by atoms with Crippen molar-refractivity contribution in [2.45, 2.75) is 25.9 Å². The van der Waals surface area contributed by atoms with E-state index < -0.39 is 0 Å². The highest BCUT2D eigenvalue weighted by molar-refractivity contribution is 7.99. The van der Waals surface area contributed by atoms with Gasteiger partial charge in [0.05, 0.1) is 12.8 Å². The van der Waals surface area contributed by atoms with Crippen molar-refractivity contribution < 1.29 is 4.42 Å². The van der Waals surface area contributed by atoms with Crippen molar-refractivity contribution in [3.8, 4) is 0 Å². The molecule has 1 unspecified atom stereocenters. The fraction of sp³-hybridized carbons (Fsp3) is 0.692. The molecule has 0 spiro atoms. The number of nitrogens with zero attached hydrogens (tertiary/aromatic N) is 1. The molecule has 1 aliphatic heterocycles. The highest BCUT2D eigenvalue weighted by Crippen LogP contribution is 2.12. The Hall–Kier alpha value is -0.450. The van der Waals surface area contributed by atoms with E-state index in [1.165, 1.54) is 31.0 Å². The minimum Gasteiger partial charge on any atom is -0.468 e. The number of furan rings is 1. The number of hydrogen-bond acceptors (Lipinski definition) is 4. The predicted octanol–water partition coefficient (Wildman–Crippen LogP) is 2.20. The van der Waals surface area contributed by atoms with Crippen molar-refractivity contribution in [2.24, 2.45) is 0 Å². The van der Waals surface area contributed by atoms with Crippen LogP contribution in [0.5, 0.6) is 0 Å². The van der Waals surface area contributed by atoms with Gasteiger partial charge in [0.15, 0.2) is 0 Å². The molecule has 0 bridgehead atoms. The SMILES string of the molecule is CC(CNCc1ccco1)N1CCCSCC1. The second kappa shape index (κ2) is 7.09. The summed E-state index contributed by atoms with van der Waals surface area (Å²) in [6.07, 6.45) is 3.06. The summed E-state index contributed by atoms with van der Waals surface area (Å²) in [6.45, 7) is 6.65. The van der Waals surface area contributed by atoms with E-state index in [0.717, 1.165) is 18.8 Å². The van der Waals surface area contributed by atoms with Crippen LogP contribution in [0.15, 0.2) is 22.8 Å². The topological polar surface area (TPSA) is 28.4 Å². The summed E-state index contributed by atoms with van der Waals surface area (Å²) in [6, 6.07) is 4.57. The van der Waals surface area contributed by atoms with Crippen LogP contribution < -0.4 is 5.32 Å². The first-order valence-corrected chi connectivity index (χ1v) is 7.56. The minimum absolute atomic E-state index is 0.615. The molecule has 0 radical (unpaired) electrons. The zero-order valence-corrected chi connectivity index (χ0v) is 11.3. The first kappa shape index (κ1) is 13.0. The standard InChI is InChI=1S/C13H22N2OS/c1-12(15-5-3-8-17-9-6-15)10-14-11-13-4-2-7-16-13/h2,4,7,12,14H,3,5-6,8-11H2,1H3. The van der Waals surface area contributed by atoms with E-state index in [9.17, 15) is 0 Å². The van der Waals surface area contributed by atoms with E-state index in [1.807, 2.05) is 12.1 Å². The van der Waals surface area contributed by atoms with Crippen LogP contribution in [0.2, 0.25) is 0 Å². The Kier molecular flexibility index (Phi) is 5.42. The van der Waals surface area contributed by atoms with Gasteiger partial charge in [0.1, 0.15) is 5.76 Å². The average molecular weight is 254 g/mol. The molecule has 3 nitrogen and oxygen atoms in total. The Bertz CT molecular complexity index is 294. The summed E-state index contributed by atoms with van der Waals surface area (Å²) in [7, 11) is 0. The fourth-order valence-corrected chi connectivity index (χ4v) is 3.05. The molecule has 0 saturated carbocycles. The van der Waals surface area contributed by atoms with Gasteiger partial charge in [-0.15, -0.1) is 0 Å². The maximum absolute atomic E-state index is 5.30. The van der Waals surface area contributed by atoms with Gasteiger partial charge in [0.25, 0.3) is 0 Å². The number of nitrogens with one attached hydrogen (secondary N) is 1. The minimum atomic E-state index is 0.615. The molecule has 17 heavy (non-hydrogen) atoms. The van der Waals surface area contributed by atoms with Gasteiger partial charge in [-0.3, -0.25) is 4.90 Å². The van der Waals surface area contributed by atoms with Gasteiger partial charge >= 0.3 is 0 Å². The number of rotatable bonds is 5. The highest BCUT2D eigenvalue weighted by Gasteiger charge is 2.15. The zero-order chi connectivity index (χ0) is 11.9. The summed E-state index contributed by atoms with van der Waals surface area (Å²) < 4.78 is 5.30. The fourth-order valence-electron chi connectivity index (χ4n) is 2.15. The molecule has 1 aromatic heterocycles. The summed E-state index contributed by atoms with van der Waals surface area (Å²) in [5, 5.41) is 3.46. The second-order valence-electron chi connectivity index (χ2n) is 4.56. The van der Waals surface area contributed by atoms with Gasteiger partial charge in [-0.05, 0) is 37.8 Å². The van der Waals surface area contributed by atoms with Crippen LogP contribution in [0.25, 0.3) is 0 Å². The molecule has 0 aromatic carbocycles. The third kappa shape index (κ3) is 4.37. The number of hydrogen-bond donors (Lipinski definition) is 1. The van der Waals surface area contributed by atoms with Crippen LogP contribution in [-0.2, 0) is 6.54 Å². The van der Waals surface area contributed by atoms with Crippen LogP contribution in [0.3, 0.4) is 0 Å². The molecule has 1 atom stereocenters. The Labute approximate surface area is 108 Å². The summed E-state index contributed by atoms with van der Waals surface area (Å²) >= 11 is 2.08. The molecule has 1 saturated heterocycles. The van der Waals surface area contributed by atoms with Crippen LogP contribution in [-0.4, -0.2) is 42.1 Å². The molecule has 2 heterocycles. The van der Waals surface area contributed by atoms with E-state index in [1.54, 1.807) is 6.26 Å². The third-order valence-corrected chi connectivity index (χ3v) is 4.25. The lowest BCUT2D eigenvalue weighted by Gasteiger charge is -2.27. The van der Waals surface area contributed by atoms with Gasteiger partial charge < -0.3 is 9.73 Å². The highest BCUT2D eigenvalue weighted by atomic mass is 32.2. The molecule has 1 aliphatic rings. The largest absolute Gasteiger partial charge is 0.468 e. The average Bonchev–Trinajstić information content (AvgIpc) is 2.69. The number of thioether (sulfide) groups is 1. The van der Waals surface area contributed by atoms with E-state index in [0.29, 0.717) is 6.04 Å². The third-order valence-electron chi connectivity index (χ3n) is 3.20. The molecule has 0 aliphatic carbocycles. The maximum Gasteiger partial charge on any atom is 0.117 e. The monoisotopic (exact) mass is 254 g/mol. The van der Waals surface area contributed by atoms with Crippen LogP contribution in [0.1, 0.15) is 19.1 Å². The first-order valence-electron chi connectivity index (χ1n) is 6.41. The first-order chi connectivity index (χ1) is 8.36. The molecular formula is C13H22N2OS. The molecule has 1 N–H and O–H groups in total. The molecule has 2 rings (SSSR count). The molecule has 1 aromatic rings. The van der Waals surface area contributed by atoms with E-state index in [4.69, 9.17) is 4.42 Å². The lowest BCUT2D eigenvalue weighted by Crippen LogP contribution is -2.41. The maximum atomic E-state index is 5.30. The van der Waals surface area contributed by atoms with Crippen molar-refractivity contribution in [1.29, 1.82) is 0 Å². The van der Waals surface area contributed by atoms with Crippen molar-refractivity contribution in [2.75, 3.05) is 31.1 Å². The molecular weight excluding hydrogens is 232 g/mol. The van der Waals surface area contributed by atoms with Crippen molar-refractivity contribution in [3.63, 3.8) is 0 Å². The summed E-state index contributed by atoms with van der Waals surface area (Å²) in [5.41, 5.74) is 0.